The molecule has 4 rings (SSSR count). The second-order valence-electron chi connectivity index (χ2n) is 6.80. The summed E-state index contributed by atoms with van der Waals surface area (Å²) in [4.78, 5) is 27.3. The number of rotatable bonds is 5. The first kappa shape index (κ1) is 19.7. The number of para-hydroxylation sites is 1. The molecule has 1 heterocycles. The van der Waals surface area contributed by atoms with E-state index < -0.39 is 11.2 Å². The van der Waals surface area contributed by atoms with E-state index in [9.17, 15) is 9.59 Å². The molecule has 0 amide bonds. The van der Waals surface area contributed by atoms with E-state index in [1.807, 2.05) is 31.2 Å². The van der Waals surface area contributed by atoms with Crippen LogP contribution in [0.3, 0.4) is 0 Å². The minimum absolute atomic E-state index is 0.382. The summed E-state index contributed by atoms with van der Waals surface area (Å²) in [5.41, 5.74) is 2.20. The summed E-state index contributed by atoms with van der Waals surface area (Å²) in [5, 5.41) is 4.83. The van der Waals surface area contributed by atoms with Crippen molar-refractivity contribution in [3.63, 3.8) is 0 Å². The number of aromatic amines is 1. The van der Waals surface area contributed by atoms with Crippen LogP contribution in [0.25, 0.3) is 10.9 Å². The highest BCUT2D eigenvalue weighted by molar-refractivity contribution is 6.32. The highest BCUT2D eigenvalue weighted by Gasteiger charge is 2.07. The van der Waals surface area contributed by atoms with Crippen LogP contribution in [0.2, 0.25) is 5.02 Å². The van der Waals surface area contributed by atoms with Crippen molar-refractivity contribution >= 4 is 28.7 Å². The lowest BCUT2D eigenvalue weighted by molar-refractivity contribution is 0.306. The molecule has 6 nitrogen and oxygen atoms in total. The van der Waals surface area contributed by atoms with Gasteiger partial charge in [-0.15, -0.1) is 4.68 Å². The molecular formula is C23H18ClN3O3. The molecule has 0 atom stereocenters. The van der Waals surface area contributed by atoms with E-state index in [2.05, 4.69) is 10.1 Å². The van der Waals surface area contributed by atoms with Gasteiger partial charge in [0.15, 0.2) is 0 Å². The van der Waals surface area contributed by atoms with Gasteiger partial charge in [-0.05, 0) is 48.4 Å². The molecule has 0 aliphatic carbocycles. The summed E-state index contributed by atoms with van der Waals surface area (Å²) >= 11 is 6.33. The van der Waals surface area contributed by atoms with Crippen molar-refractivity contribution in [3.8, 4) is 5.75 Å². The molecule has 0 bridgehead atoms. The van der Waals surface area contributed by atoms with Crippen LogP contribution in [0, 0.1) is 6.92 Å². The van der Waals surface area contributed by atoms with Crippen molar-refractivity contribution in [2.45, 2.75) is 13.5 Å². The van der Waals surface area contributed by atoms with Gasteiger partial charge in [-0.25, -0.2) is 4.79 Å². The smallest absolute Gasteiger partial charge is 0.349 e. The van der Waals surface area contributed by atoms with Crippen LogP contribution >= 0.6 is 11.6 Å². The normalized spacial score (nSPS) is 11.3. The van der Waals surface area contributed by atoms with Crippen molar-refractivity contribution in [2.24, 2.45) is 5.10 Å². The molecule has 4 aromatic rings. The van der Waals surface area contributed by atoms with Crippen LogP contribution < -0.4 is 16.0 Å². The van der Waals surface area contributed by atoms with Gasteiger partial charge in [-0.1, -0.05) is 53.6 Å². The van der Waals surface area contributed by atoms with E-state index in [1.165, 1.54) is 6.21 Å². The Morgan fingerprint density at radius 3 is 2.70 bits per heavy atom. The number of aryl methyl sites for hydroxylation is 1. The van der Waals surface area contributed by atoms with Crippen molar-refractivity contribution in [1.29, 1.82) is 0 Å². The first-order valence-electron chi connectivity index (χ1n) is 9.27. The highest BCUT2D eigenvalue weighted by atomic mass is 35.5. The molecule has 0 aliphatic heterocycles. The fraction of sp³-hybridized carbons (Fsp3) is 0.0870. The number of nitrogens with zero attached hydrogens (tertiary/aromatic N) is 2. The topological polar surface area (TPSA) is 76.5 Å². The maximum atomic E-state index is 12.5. The molecule has 3 aromatic carbocycles. The predicted octanol–water partition coefficient (Wildman–Crippen LogP) is 4.11. The molecule has 0 radical (unpaired) electrons. The predicted molar refractivity (Wildman–Crippen MR) is 119 cm³/mol. The molecule has 0 saturated carbocycles. The second-order valence-corrected chi connectivity index (χ2v) is 7.21. The van der Waals surface area contributed by atoms with Crippen molar-refractivity contribution in [2.75, 3.05) is 0 Å². The Kier molecular flexibility index (Phi) is 5.50. The Bertz CT molecular complexity index is 1370. The van der Waals surface area contributed by atoms with Crippen LogP contribution in [0.15, 0.2) is 81.4 Å². The number of benzene rings is 3. The number of nitrogens with one attached hydrogen (secondary N) is 1. The zero-order valence-corrected chi connectivity index (χ0v) is 16.9. The van der Waals surface area contributed by atoms with Crippen LogP contribution in [0.4, 0.5) is 0 Å². The second kappa shape index (κ2) is 8.39. The van der Waals surface area contributed by atoms with E-state index in [1.54, 1.807) is 42.5 Å². The van der Waals surface area contributed by atoms with Crippen LogP contribution in [-0.4, -0.2) is 15.9 Å². The van der Waals surface area contributed by atoms with Gasteiger partial charge >= 0.3 is 5.69 Å². The number of hydrogen-bond donors (Lipinski definition) is 1. The number of halogens is 1. The maximum Gasteiger partial charge on any atom is 0.349 e. The summed E-state index contributed by atoms with van der Waals surface area (Å²) in [6.45, 7) is 2.42. The molecule has 0 aliphatic rings. The van der Waals surface area contributed by atoms with Gasteiger partial charge in [-0.3, -0.25) is 4.79 Å². The highest BCUT2D eigenvalue weighted by Crippen LogP contribution is 2.26. The number of H-pyrrole nitrogens is 1. The fourth-order valence-electron chi connectivity index (χ4n) is 3.06. The molecular weight excluding hydrogens is 402 g/mol. The van der Waals surface area contributed by atoms with E-state index in [4.69, 9.17) is 16.3 Å². The largest absolute Gasteiger partial charge is 0.487 e. The van der Waals surface area contributed by atoms with Gasteiger partial charge in [0.2, 0.25) is 0 Å². The summed E-state index contributed by atoms with van der Waals surface area (Å²) in [7, 11) is 0. The zero-order valence-electron chi connectivity index (χ0n) is 16.1. The summed E-state index contributed by atoms with van der Waals surface area (Å²) in [5.74, 6) is 0.538. The van der Waals surface area contributed by atoms with E-state index in [0.29, 0.717) is 33.8 Å². The minimum atomic E-state index is -0.612. The first-order valence-corrected chi connectivity index (χ1v) is 9.65. The van der Waals surface area contributed by atoms with E-state index in [0.717, 1.165) is 15.8 Å². The van der Waals surface area contributed by atoms with Gasteiger partial charge in [0.05, 0.1) is 22.1 Å². The third-order valence-corrected chi connectivity index (χ3v) is 4.83. The Hall–Kier alpha value is -3.64. The third kappa shape index (κ3) is 4.18. The molecule has 7 heteroatoms. The molecule has 150 valence electrons. The lowest BCUT2D eigenvalue weighted by Gasteiger charge is -2.09. The molecule has 1 N–H and O–H groups in total. The average molecular weight is 420 g/mol. The van der Waals surface area contributed by atoms with Gasteiger partial charge < -0.3 is 9.72 Å². The SMILES string of the molecule is Cc1cccc(COc2ccc(C=Nn3c(=O)[nH]c4ccccc4c3=O)cc2Cl)c1. The van der Waals surface area contributed by atoms with Crippen molar-refractivity contribution in [1.82, 2.24) is 9.66 Å². The van der Waals surface area contributed by atoms with Crippen LogP contribution in [0.1, 0.15) is 16.7 Å². The summed E-state index contributed by atoms with van der Waals surface area (Å²) in [6.07, 6.45) is 1.40. The van der Waals surface area contributed by atoms with Crippen LogP contribution in [0.5, 0.6) is 5.75 Å². The Morgan fingerprint density at radius 2 is 1.90 bits per heavy atom. The quantitative estimate of drug-likeness (QED) is 0.494. The molecule has 0 saturated heterocycles. The van der Waals surface area contributed by atoms with Crippen molar-refractivity contribution in [3.05, 3.63) is 109 Å². The molecule has 30 heavy (non-hydrogen) atoms. The number of ether oxygens (including phenoxy) is 1. The molecule has 0 fully saturated rings. The molecule has 1 aromatic heterocycles. The van der Waals surface area contributed by atoms with Crippen molar-refractivity contribution < 1.29 is 4.74 Å². The molecule has 0 unspecified atom stereocenters. The standard InChI is InChI=1S/C23H18ClN3O3/c1-15-5-4-6-17(11-15)14-30-21-10-9-16(12-19(21)24)13-25-27-22(28)18-7-2-3-8-20(18)26-23(27)29/h2-13H,14H2,1H3,(H,26,29). The summed E-state index contributed by atoms with van der Waals surface area (Å²) < 4.78 is 6.59. The average Bonchev–Trinajstić information content (AvgIpc) is 2.73. The molecule has 0 spiro atoms. The van der Waals surface area contributed by atoms with Gasteiger partial charge in [0.25, 0.3) is 5.56 Å². The zero-order chi connectivity index (χ0) is 21.1. The monoisotopic (exact) mass is 419 g/mol. The van der Waals surface area contributed by atoms with Crippen LogP contribution in [-0.2, 0) is 6.61 Å². The number of aromatic nitrogens is 2. The Morgan fingerprint density at radius 1 is 1.07 bits per heavy atom. The fourth-order valence-corrected chi connectivity index (χ4v) is 3.30. The first-order chi connectivity index (χ1) is 14.5. The Labute approximate surface area is 177 Å². The third-order valence-electron chi connectivity index (χ3n) is 4.54. The minimum Gasteiger partial charge on any atom is -0.487 e. The van der Waals surface area contributed by atoms with E-state index in [-0.39, 0.29) is 0 Å². The lowest BCUT2D eigenvalue weighted by Crippen LogP contribution is -2.32. The summed E-state index contributed by atoms with van der Waals surface area (Å²) in [6, 6.07) is 20.0. The van der Waals surface area contributed by atoms with Gasteiger partial charge in [-0.2, -0.15) is 5.10 Å². The van der Waals surface area contributed by atoms with Gasteiger partial charge in [0, 0.05) is 0 Å². The maximum absolute atomic E-state index is 12.5. The lowest BCUT2D eigenvalue weighted by atomic mass is 10.1. The number of hydrogen-bond acceptors (Lipinski definition) is 4. The Balaban J connectivity index is 1.55. The number of fused-ring (bicyclic) bond motifs is 1. The van der Waals surface area contributed by atoms with Gasteiger partial charge in [0.1, 0.15) is 12.4 Å². The van der Waals surface area contributed by atoms with E-state index >= 15 is 0 Å².